The summed E-state index contributed by atoms with van der Waals surface area (Å²) in [6.07, 6.45) is 1.58. The van der Waals surface area contributed by atoms with E-state index in [2.05, 4.69) is 5.32 Å². The summed E-state index contributed by atoms with van der Waals surface area (Å²) in [4.78, 5) is 23.0. The minimum Gasteiger partial charge on any atom is -0.456 e. The number of nitrogens with zero attached hydrogens (tertiary/aromatic N) is 1. The van der Waals surface area contributed by atoms with Crippen LogP contribution < -0.4 is 5.32 Å². The minimum atomic E-state index is -0.522. The van der Waals surface area contributed by atoms with Crippen molar-refractivity contribution in [3.8, 4) is 11.3 Å². The monoisotopic (exact) mass is 400 g/mol. The Morgan fingerprint density at radius 2 is 1.70 bits per heavy atom. The number of furan rings is 1. The molecule has 6 nitrogen and oxygen atoms in total. The Morgan fingerprint density at radius 1 is 1.00 bits per heavy atom. The second-order valence-electron chi connectivity index (χ2n) is 5.82. The van der Waals surface area contributed by atoms with Crippen molar-refractivity contribution in [1.29, 1.82) is 0 Å². The molecule has 2 heterocycles. The zero-order chi connectivity index (χ0) is 19.1. The summed E-state index contributed by atoms with van der Waals surface area (Å²) in [7, 11) is 0. The normalized spacial score (nSPS) is 14.3. The van der Waals surface area contributed by atoms with Crippen molar-refractivity contribution in [2.75, 3.05) is 5.32 Å². The quantitative estimate of drug-likeness (QED) is 0.349. The summed E-state index contributed by atoms with van der Waals surface area (Å²) >= 11 is 11.8. The Morgan fingerprint density at radius 3 is 2.44 bits per heavy atom. The second kappa shape index (κ2) is 6.57. The maximum absolute atomic E-state index is 12.2. The van der Waals surface area contributed by atoms with Crippen molar-refractivity contribution in [1.82, 2.24) is 0 Å². The molecular weight excluding hydrogens is 391 g/mol. The number of halogens is 2. The molecule has 0 atom stereocenters. The van der Waals surface area contributed by atoms with Gasteiger partial charge in [0.25, 0.3) is 11.6 Å². The highest BCUT2D eigenvalue weighted by Gasteiger charge is 2.25. The topological polar surface area (TPSA) is 85.4 Å². The molecular formula is C19H10Cl2N2O4. The van der Waals surface area contributed by atoms with Crippen molar-refractivity contribution in [2.45, 2.75) is 0 Å². The first-order valence-corrected chi connectivity index (χ1v) is 8.55. The number of nitrogens with one attached hydrogen (secondary N) is 1. The van der Waals surface area contributed by atoms with Gasteiger partial charge in [-0.05, 0) is 42.5 Å². The van der Waals surface area contributed by atoms with Gasteiger partial charge in [0.15, 0.2) is 0 Å². The molecule has 1 aliphatic rings. The van der Waals surface area contributed by atoms with Gasteiger partial charge in [-0.2, -0.15) is 0 Å². The zero-order valence-electron chi connectivity index (χ0n) is 13.5. The molecule has 0 bridgehead atoms. The number of fused-ring (bicyclic) bond motifs is 1. The van der Waals surface area contributed by atoms with Crippen LogP contribution in [0.4, 0.5) is 11.4 Å². The van der Waals surface area contributed by atoms with Gasteiger partial charge >= 0.3 is 0 Å². The van der Waals surface area contributed by atoms with E-state index in [9.17, 15) is 14.9 Å². The van der Waals surface area contributed by atoms with E-state index < -0.39 is 4.92 Å². The van der Waals surface area contributed by atoms with Gasteiger partial charge in [0.2, 0.25) is 0 Å². The fourth-order valence-corrected chi connectivity index (χ4v) is 3.23. The Hall–Kier alpha value is -3.09. The maximum atomic E-state index is 12.2. The summed E-state index contributed by atoms with van der Waals surface area (Å²) in [5, 5.41) is 14.8. The standard InChI is InChI=1S/C19H10Cl2N2O4/c20-10-1-4-13-15(19(24)22-16(13)7-10)9-12-3-6-18(27-12)14-5-2-11(21)8-17(14)23(25)26/h1-9H,(H,22,24)/b15-9-. The summed E-state index contributed by atoms with van der Waals surface area (Å²) < 4.78 is 5.72. The van der Waals surface area contributed by atoms with Crippen LogP contribution in [0.15, 0.2) is 52.9 Å². The molecule has 1 aromatic heterocycles. The largest absolute Gasteiger partial charge is 0.456 e. The fraction of sp³-hybridized carbons (Fsp3) is 0. The molecule has 0 fully saturated rings. The predicted molar refractivity (Wildman–Crippen MR) is 104 cm³/mol. The van der Waals surface area contributed by atoms with Gasteiger partial charge in [-0.3, -0.25) is 14.9 Å². The van der Waals surface area contributed by atoms with E-state index in [1.165, 1.54) is 12.1 Å². The van der Waals surface area contributed by atoms with E-state index in [-0.39, 0.29) is 16.6 Å². The number of hydrogen-bond donors (Lipinski definition) is 1. The molecule has 2 aromatic carbocycles. The minimum absolute atomic E-state index is 0.158. The van der Waals surface area contributed by atoms with Crippen LogP contribution in [0.1, 0.15) is 11.3 Å². The average Bonchev–Trinajstić information content (AvgIpc) is 3.20. The molecule has 1 amide bonds. The molecule has 4 rings (SSSR count). The molecule has 0 aliphatic carbocycles. The van der Waals surface area contributed by atoms with Gasteiger partial charge in [-0.25, -0.2) is 0 Å². The highest BCUT2D eigenvalue weighted by Crippen LogP contribution is 2.37. The Bertz CT molecular complexity index is 1130. The van der Waals surface area contributed by atoms with Crippen LogP contribution in [0.3, 0.4) is 0 Å². The number of nitro groups is 1. The molecule has 1 aliphatic heterocycles. The Kier molecular flexibility index (Phi) is 4.22. The van der Waals surface area contributed by atoms with Crippen molar-refractivity contribution in [3.63, 3.8) is 0 Å². The van der Waals surface area contributed by atoms with Crippen LogP contribution >= 0.6 is 23.2 Å². The van der Waals surface area contributed by atoms with Crippen molar-refractivity contribution in [3.05, 3.63) is 80.0 Å². The number of carbonyl (C=O) groups excluding carboxylic acids is 1. The third-order valence-corrected chi connectivity index (χ3v) is 4.57. The van der Waals surface area contributed by atoms with Crippen LogP contribution in [0, 0.1) is 10.1 Å². The molecule has 0 saturated carbocycles. The Balaban J connectivity index is 1.74. The van der Waals surface area contributed by atoms with Crippen molar-refractivity contribution >= 4 is 52.1 Å². The van der Waals surface area contributed by atoms with Gasteiger partial charge in [-0.1, -0.05) is 29.3 Å². The van der Waals surface area contributed by atoms with Gasteiger partial charge < -0.3 is 9.73 Å². The molecule has 0 radical (unpaired) electrons. The van der Waals surface area contributed by atoms with E-state index in [1.807, 2.05) is 0 Å². The maximum Gasteiger partial charge on any atom is 0.281 e. The summed E-state index contributed by atoms with van der Waals surface area (Å²) in [5.74, 6) is 0.421. The number of amides is 1. The molecule has 0 saturated heterocycles. The molecule has 8 heteroatoms. The van der Waals surface area contributed by atoms with Gasteiger partial charge in [0.1, 0.15) is 11.5 Å². The summed E-state index contributed by atoms with van der Waals surface area (Å²) in [5.41, 5.74) is 1.90. The third kappa shape index (κ3) is 3.20. The number of benzene rings is 2. The highest BCUT2D eigenvalue weighted by atomic mass is 35.5. The number of anilines is 1. The van der Waals surface area contributed by atoms with Crippen LogP contribution in [-0.4, -0.2) is 10.8 Å². The lowest BCUT2D eigenvalue weighted by atomic mass is 10.1. The van der Waals surface area contributed by atoms with Gasteiger partial charge in [0, 0.05) is 21.7 Å². The summed E-state index contributed by atoms with van der Waals surface area (Å²) in [6.45, 7) is 0. The van der Waals surface area contributed by atoms with Crippen molar-refractivity contribution in [2.24, 2.45) is 0 Å². The van der Waals surface area contributed by atoms with Crippen LogP contribution in [0.2, 0.25) is 10.0 Å². The lowest BCUT2D eigenvalue weighted by Crippen LogP contribution is -2.03. The van der Waals surface area contributed by atoms with Crippen LogP contribution in [-0.2, 0) is 4.79 Å². The molecule has 0 spiro atoms. The average molecular weight is 401 g/mol. The lowest BCUT2D eigenvalue weighted by molar-refractivity contribution is -0.384. The molecule has 1 N–H and O–H groups in total. The van der Waals surface area contributed by atoms with Crippen LogP contribution in [0.5, 0.6) is 0 Å². The fourth-order valence-electron chi connectivity index (χ4n) is 2.89. The van der Waals surface area contributed by atoms with Crippen LogP contribution in [0.25, 0.3) is 23.0 Å². The molecule has 0 unspecified atom stereocenters. The number of carbonyl (C=O) groups is 1. The first-order valence-electron chi connectivity index (χ1n) is 7.79. The van der Waals surface area contributed by atoms with E-state index in [0.29, 0.717) is 38.9 Å². The van der Waals surface area contributed by atoms with Gasteiger partial charge in [-0.15, -0.1) is 0 Å². The SMILES string of the molecule is O=C1Nc2cc(Cl)ccc2/C1=C/c1ccc(-c2ccc(Cl)cc2[N+](=O)[O-])o1. The van der Waals surface area contributed by atoms with E-state index in [1.54, 1.807) is 42.5 Å². The molecule has 3 aromatic rings. The molecule has 134 valence electrons. The highest BCUT2D eigenvalue weighted by molar-refractivity contribution is 6.36. The number of hydrogen-bond acceptors (Lipinski definition) is 4. The predicted octanol–water partition coefficient (Wildman–Crippen LogP) is 5.65. The molecule has 27 heavy (non-hydrogen) atoms. The van der Waals surface area contributed by atoms with Gasteiger partial charge in [0.05, 0.1) is 21.7 Å². The number of rotatable bonds is 3. The zero-order valence-corrected chi connectivity index (χ0v) is 15.0. The smallest absolute Gasteiger partial charge is 0.281 e. The first-order chi connectivity index (χ1) is 12.9. The van der Waals surface area contributed by atoms with E-state index >= 15 is 0 Å². The summed E-state index contributed by atoms with van der Waals surface area (Å²) in [6, 6.07) is 12.7. The van der Waals surface area contributed by atoms with E-state index in [0.717, 1.165) is 0 Å². The van der Waals surface area contributed by atoms with Crippen molar-refractivity contribution < 1.29 is 14.1 Å². The second-order valence-corrected chi connectivity index (χ2v) is 6.70. The Labute approximate surface area is 163 Å². The van der Waals surface area contributed by atoms with E-state index in [4.69, 9.17) is 27.6 Å². The third-order valence-electron chi connectivity index (χ3n) is 4.10. The lowest BCUT2D eigenvalue weighted by Gasteiger charge is -2.00. The number of nitro benzene ring substituents is 1. The first kappa shape index (κ1) is 17.3.